The number of imidazole rings is 1. The van der Waals surface area contributed by atoms with E-state index >= 15 is 0 Å². The first kappa shape index (κ1) is 25.9. The predicted octanol–water partition coefficient (Wildman–Crippen LogP) is 7.64. The molecule has 0 radical (unpaired) electrons. The van der Waals surface area contributed by atoms with Crippen LogP contribution in [0.1, 0.15) is 19.9 Å². The zero-order valence-electron chi connectivity index (χ0n) is 22.2. The summed E-state index contributed by atoms with van der Waals surface area (Å²) >= 11 is 0. The molecular formula is C35H26IrN4+. The third-order valence-corrected chi connectivity index (χ3v) is 7.20. The summed E-state index contributed by atoms with van der Waals surface area (Å²) in [4.78, 5) is 4.22. The minimum atomic E-state index is 0. The molecule has 0 saturated heterocycles. The molecule has 8 aromatic rings. The second-order valence-corrected chi connectivity index (χ2v) is 9.93. The standard InChI is InChI=1S/C24H18N3.C11H8N.Ir/c1-16(2)25-12-13-26(15-25)17-10-11-19-21-8-5-7-20-18-6-3-4-9-22(18)27(24(20)21)23(19)14-17;1-2-6-10(7-3-1)11-8-4-5-9-12-11;/h3-9,11-14,16H,1-2H3;1-6,8-9H;/q2*-1;+3. The van der Waals surface area contributed by atoms with Crippen LogP contribution in [0, 0.1) is 18.5 Å². The third-order valence-electron chi connectivity index (χ3n) is 7.20. The van der Waals surface area contributed by atoms with Crippen molar-refractivity contribution in [2.75, 3.05) is 0 Å². The monoisotopic (exact) mass is 695 g/mol. The third kappa shape index (κ3) is 4.38. The maximum Gasteiger partial charge on any atom is 3.00 e. The van der Waals surface area contributed by atoms with Crippen molar-refractivity contribution in [2.45, 2.75) is 19.9 Å². The van der Waals surface area contributed by atoms with E-state index in [1.54, 1.807) is 6.20 Å². The van der Waals surface area contributed by atoms with Gasteiger partial charge in [-0.2, -0.15) is 12.1 Å². The molecule has 0 amide bonds. The molecule has 0 unspecified atom stereocenters. The van der Waals surface area contributed by atoms with Crippen molar-refractivity contribution in [3.8, 4) is 16.9 Å². The summed E-state index contributed by atoms with van der Waals surface area (Å²) in [6.07, 6.45) is 9.28. The van der Waals surface area contributed by atoms with E-state index in [0.29, 0.717) is 6.04 Å². The van der Waals surface area contributed by atoms with Crippen LogP contribution in [0.5, 0.6) is 0 Å². The summed E-state index contributed by atoms with van der Waals surface area (Å²) in [5.41, 5.74) is 6.79. The van der Waals surface area contributed by atoms with Crippen LogP contribution in [0.15, 0.2) is 116 Å². The Labute approximate surface area is 246 Å². The van der Waals surface area contributed by atoms with Gasteiger partial charge in [-0.15, -0.1) is 47.3 Å². The maximum atomic E-state index is 4.22. The number of benzene rings is 4. The molecule has 0 aliphatic rings. The molecule has 0 fully saturated rings. The number of pyridine rings is 1. The van der Waals surface area contributed by atoms with Crippen LogP contribution in [0.4, 0.5) is 0 Å². The number of fused-ring (bicyclic) bond motifs is 6. The fraction of sp³-hybridized carbons (Fsp3) is 0.0857. The van der Waals surface area contributed by atoms with Crippen LogP contribution in [-0.2, 0) is 20.1 Å². The molecule has 40 heavy (non-hydrogen) atoms. The van der Waals surface area contributed by atoms with Crippen LogP contribution >= 0.6 is 0 Å². The van der Waals surface area contributed by atoms with Gasteiger partial charge < -0.3 is 18.5 Å². The fourth-order valence-electron chi connectivity index (χ4n) is 5.32. The topological polar surface area (TPSA) is 26.1 Å². The minimum Gasteiger partial charge on any atom is -0.348 e. The number of para-hydroxylation sites is 2. The van der Waals surface area contributed by atoms with Gasteiger partial charge >= 0.3 is 20.1 Å². The molecule has 0 N–H and O–H groups in total. The molecule has 4 aromatic carbocycles. The van der Waals surface area contributed by atoms with E-state index in [0.717, 1.165) is 16.9 Å². The van der Waals surface area contributed by atoms with Crippen molar-refractivity contribution in [2.24, 2.45) is 0 Å². The van der Waals surface area contributed by atoms with Gasteiger partial charge in [0.1, 0.15) is 0 Å². The Bertz CT molecular complexity index is 2000. The summed E-state index contributed by atoms with van der Waals surface area (Å²) in [5.74, 6) is 0. The minimum absolute atomic E-state index is 0. The van der Waals surface area contributed by atoms with Gasteiger partial charge in [0.05, 0.1) is 11.6 Å². The quantitative estimate of drug-likeness (QED) is 0.138. The van der Waals surface area contributed by atoms with Gasteiger partial charge in [0, 0.05) is 34.9 Å². The van der Waals surface area contributed by atoms with Gasteiger partial charge in [-0.1, -0.05) is 59.7 Å². The first-order valence-electron chi connectivity index (χ1n) is 13.2. The Kier molecular flexibility index (Phi) is 6.93. The predicted molar refractivity (Wildman–Crippen MR) is 157 cm³/mol. The van der Waals surface area contributed by atoms with Crippen LogP contribution < -0.4 is 4.57 Å². The van der Waals surface area contributed by atoms with Gasteiger partial charge in [0.25, 0.3) is 0 Å². The van der Waals surface area contributed by atoms with Gasteiger partial charge in [-0.25, -0.2) is 0 Å². The van der Waals surface area contributed by atoms with E-state index in [1.807, 2.05) is 53.2 Å². The van der Waals surface area contributed by atoms with Crippen LogP contribution in [-0.4, -0.2) is 14.0 Å². The molecular weight excluding hydrogens is 669 g/mol. The Morgan fingerprint density at radius 3 is 2.30 bits per heavy atom. The second-order valence-electron chi connectivity index (χ2n) is 9.93. The molecule has 0 saturated carbocycles. The van der Waals surface area contributed by atoms with E-state index < -0.39 is 0 Å². The van der Waals surface area contributed by atoms with Crippen molar-refractivity contribution in [1.29, 1.82) is 0 Å². The molecule has 0 bridgehead atoms. The van der Waals surface area contributed by atoms with Crippen molar-refractivity contribution in [1.82, 2.24) is 14.0 Å². The maximum absolute atomic E-state index is 4.22. The number of rotatable bonds is 3. The first-order valence-corrected chi connectivity index (χ1v) is 13.2. The van der Waals surface area contributed by atoms with Gasteiger partial charge in [-0.3, -0.25) is 0 Å². The summed E-state index contributed by atoms with van der Waals surface area (Å²) in [6.45, 7) is 4.32. The zero-order valence-corrected chi connectivity index (χ0v) is 24.6. The van der Waals surface area contributed by atoms with Crippen molar-refractivity contribution >= 4 is 38.1 Å². The number of hydrogen-bond acceptors (Lipinski definition) is 1. The molecule has 0 spiro atoms. The number of aromatic nitrogens is 4. The molecule has 4 aromatic heterocycles. The Morgan fingerprint density at radius 1 is 0.775 bits per heavy atom. The molecule has 0 aliphatic carbocycles. The number of hydrogen-bond donors (Lipinski definition) is 0. The fourth-order valence-corrected chi connectivity index (χ4v) is 5.32. The number of nitrogens with zero attached hydrogens (tertiary/aromatic N) is 4. The largest absolute Gasteiger partial charge is 3.00 e. The van der Waals surface area contributed by atoms with Gasteiger partial charge in [0.15, 0.2) is 0 Å². The van der Waals surface area contributed by atoms with Crippen LogP contribution in [0.25, 0.3) is 55.0 Å². The second kappa shape index (κ2) is 10.7. The molecule has 8 rings (SSSR count). The van der Waals surface area contributed by atoms with Crippen molar-refractivity contribution in [3.63, 3.8) is 0 Å². The van der Waals surface area contributed by atoms with Crippen molar-refractivity contribution in [3.05, 3.63) is 134 Å². The van der Waals surface area contributed by atoms with Gasteiger partial charge in [-0.05, 0) is 37.1 Å². The van der Waals surface area contributed by atoms with Crippen molar-refractivity contribution < 1.29 is 24.7 Å². The SMILES string of the molecule is CC(C)[n+]1[c-]n(-c2[c-]cc3c4cccc5c6ccccc6n(c3c2)c54)cc1.[Ir+3].[c-]1ccccc1-c1ccccn1. The van der Waals surface area contributed by atoms with E-state index in [2.05, 4.69) is 107 Å². The average Bonchev–Trinajstić information content (AvgIpc) is 3.71. The zero-order chi connectivity index (χ0) is 26.3. The normalized spacial score (nSPS) is 11.3. The smallest absolute Gasteiger partial charge is 0.348 e. The first-order chi connectivity index (χ1) is 19.2. The average molecular weight is 695 g/mol. The summed E-state index contributed by atoms with van der Waals surface area (Å²) < 4.78 is 6.50. The molecule has 4 nitrogen and oxygen atoms in total. The molecule has 0 atom stereocenters. The Hall–Kier alpha value is -4.31. The van der Waals surface area contributed by atoms with Gasteiger partial charge in [0.2, 0.25) is 6.33 Å². The Morgan fingerprint density at radius 2 is 1.55 bits per heavy atom. The molecule has 5 heteroatoms. The van der Waals surface area contributed by atoms with E-state index in [4.69, 9.17) is 0 Å². The molecule has 4 heterocycles. The molecule has 0 aliphatic heterocycles. The Balaban J connectivity index is 0.000000188. The summed E-state index contributed by atoms with van der Waals surface area (Å²) in [5, 5.41) is 5.15. The molecule has 194 valence electrons. The van der Waals surface area contributed by atoms with Crippen LogP contribution in [0.3, 0.4) is 0 Å². The summed E-state index contributed by atoms with van der Waals surface area (Å²) in [7, 11) is 0. The van der Waals surface area contributed by atoms with E-state index in [9.17, 15) is 0 Å². The van der Waals surface area contributed by atoms with E-state index in [1.165, 1.54) is 38.1 Å². The van der Waals surface area contributed by atoms with Crippen LogP contribution in [0.2, 0.25) is 0 Å². The van der Waals surface area contributed by atoms with E-state index in [-0.39, 0.29) is 20.1 Å². The summed E-state index contributed by atoms with van der Waals surface area (Å²) in [6, 6.07) is 40.2.